The molecule has 0 radical (unpaired) electrons. The van der Waals surface area contributed by atoms with Crippen LogP contribution in [0.2, 0.25) is 0 Å². The molecule has 0 N–H and O–H groups in total. The van der Waals surface area contributed by atoms with Crippen LogP contribution in [0.4, 0.5) is 0 Å². The minimum absolute atomic E-state index is 0.211. The van der Waals surface area contributed by atoms with Crippen LogP contribution in [0.15, 0.2) is 81.7 Å². The number of hydrogen-bond acceptors (Lipinski definition) is 7. The molecule has 5 rings (SSSR count). The number of benzene rings is 3. The number of thiazole rings is 1. The Hall–Kier alpha value is -4.17. The van der Waals surface area contributed by atoms with Gasteiger partial charge in [-0.25, -0.2) is 9.79 Å². The van der Waals surface area contributed by atoms with Gasteiger partial charge >= 0.3 is 5.97 Å². The van der Waals surface area contributed by atoms with Gasteiger partial charge in [-0.1, -0.05) is 67.1 Å². The maximum Gasteiger partial charge on any atom is 0.338 e. The van der Waals surface area contributed by atoms with Gasteiger partial charge in [-0.2, -0.15) is 0 Å². The maximum absolute atomic E-state index is 14.1. The van der Waals surface area contributed by atoms with Gasteiger partial charge in [-0.05, 0) is 54.0 Å². The number of nitrogens with zero attached hydrogens (tertiary/aromatic N) is 2. The lowest BCUT2D eigenvalue weighted by Crippen LogP contribution is -2.40. The van der Waals surface area contributed by atoms with Crippen LogP contribution in [0.3, 0.4) is 0 Å². The molecule has 3 aromatic carbocycles. The van der Waals surface area contributed by atoms with E-state index in [1.807, 2.05) is 73.7 Å². The predicted molar refractivity (Wildman–Crippen MR) is 153 cm³/mol. The van der Waals surface area contributed by atoms with Crippen LogP contribution < -0.4 is 24.4 Å². The Balaban J connectivity index is 1.85. The van der Waals surface area contributed by atoms with E-state index in [1.165, 1.54) is 11.3 Å². The Labute approximate surface area is 230 Å². The molecule has 0 bridgehead atoms. The van der Waals surface area contributed by atoms with Gasteiger partial charge in [0, 0.05) is 5.56 Å². The second-order valence-corrected chi connectivity index (χ2v) is 10.1. The van der Waals surface area contributed by atoms with Crippen molar-refractivity contribution in [2.75, 3.05) is 20.8 Å². The van der Waals surface area contributed by atoms with Crippen LogP contribution in [0.25, 0.3) is 16.8 Å². The summed E-state index contributed by atoms with van der Waals surface area (Å²) in [5.74, 6) is 0.844. The molecular formula is C31H30N2O5S. The molecule has 4 aromatic rings. The summed E-state index contributed by atoms with van der Waals surface area (Å²) in [6, 6.07) is 18.5. The Kier molecular flexibility index (Phi) is 7.65. The monoisotopic (exact) mass is 542 g/mol. The van der Waals surface area contributed by atoms with Gasteiger partial charge in [-0.15, -0.1) is 0 Å². The number of rotatable bonds is 8. The number of esters is 1. The van der Waals surface area contributed by atoms with Crippen molar-refractivity contribution in [3.63, 3.8) is 0 Å². The number of carbonyl (C=O) groups is 1. The first-order valence-electron chi connectivity index (χ1n) is 12.9. The quantitative estimate of drug-likeness (QED) is 0.300. The molecule has 0 saturated carbocycles. The second kappa shape index (κ2) is 11.3. The molecule has 0 saturated heterocycles. The van der Waals surface area contributed by atoms with E-state index in [2.05, 4.69) is 0 Å². The third-order valence-electron chi connectivity index (χ3n) is 6.73. The highest BCUT2D eigenvalue weighted by atomic mass is 32.1. The van der Waals surface area contributed by atoms with Crippen molar-refractivity contribution in [1.29, 1.82) is 0 Å². The van der Waals surface area contributed by atoms with E-state index in [9.17, 15) is 9.59 Å². The summed E-state index contributed by atoms with van der Waals surface area (Å²) in [6.45, 7) is 4.02. The van der Waals surface area contributed by atoms with Crippen molar-refractivity contribution in [2.24, 2.45) is 4.99 Å². The Morgan fingerprint density at radius 1 is 1.03 bits per heavy atom. The smallest absolute Gasteiger partial charge is 0.338 e. The van der Waals surface area contributed by atoms with Gasteiger partial charge in [0.1, 0.15) is 17.5 Å². The van der Waals surface area contributed by atoms with Gasteiger partial charge in [0.15, 0.2) is 4.80 Å². The molecule has 7 nitrogen and oxygen atoms in total. The van der Waals surface area contributed by atoms with Crippen molar-refractivity contribution in [3.8, 4) is 11.5 Å². The molecule has 39 heavy (non-hydrogen) atoms. The lowest BCUT2D eigenvalue weighted by atomic mass is 9.90. The first-order valence-corrected chi connectivity index (χ1v) is 13.7. The zero-order valence-corrected chi connectivity index (χ0v) is 23.2. The number of aromatic nitrogens is 1. The normalized spacial score (nSPS) is 15.2. The van der Waals surface area contributed by atoms with E-state index in [0.29, 0.717) is 32.8 Å². The number of ether oxygens (including phenoxy) is 3. The summed E-state index contributed by atoms with van der Waals surface area (Å²) in [7, 11) is 3.21. The summed E-state index contributed by atoms with van der Waals surface area (Å²) in [6.07, 6.45) is 3.19. The van der Waals surface area contributed by atoms with E-state index in [0.717, 1.165) is 34.1 Å². The first kappa shape index (κ1) is 26.4. The summed E-state index contributed by atoms with van der Waals surface area (Å²) in [4.78, 5) is 33.1. The van der Waals surface area contributed by atoms with Crippen LogP contribution in [0, 0.1) is 0 Å². The van der Waals surface area contributed by atoms with Crippen LogP contribution >= 0.6 is 11.3 Å². The van der Waals surface area contributed by atoms with Crippen molar-refractivity contribution in [3.05, 3.63) is 103 Å². The molecule has 1 unspecified atom stereocenters. The molecular weight excluding hydrogens is 512 g/mol. The molecule has 1 atom stereocenters. The van der Waals surface area contributed by atoms with Crippen LogP contribution in [-0.2, 0) is 9.53 Å². The largest absolute Gasteiger partial charge is 0.497 e. The average Bonchev–Trinajstić information content (AvgIpc) is 3.26. The number of fused-ring (bicyclic) bond motifs is 2. The molecule has 0 amide bonds. The van der Waals surface area contributed by atoms with Gasteiger partial charge < -0.3 is 14.2 Å². The van der Waals surface area contributed by atoms with Crippen LogP contribution in [-0.4, -0.2) is 31.4 Å². The zero-order chi connectivity index (χ0) is 27.5. The zero-order valence-electron chi connectivity index (χ0n) is 22.4. The Bertz CT molecular complexity index is 1750. The summed E-state index contributed by atoms with van der Waals surface area (Å²) >= 11 is 1.31. The molecule has 1 aromatic heterocycles. The van der Waals surface area contributed by atoms with Crippen molar-refractivity contribution in [1.82, 2.24) is 4.57 Å². The van der Waals surface area contributed by atoms with E-state index >= 15 is 0 Å². The lowest BCUT2D eigenvalue weighted by molar-refractivity contribution is -0.139. The topological polar surface area (TPSA) is 79.1 Å². The fourth-order valence-electron chi connectivity index (χ4n) is 4.98. The maximum atomic E-state index is 14.1. The fraction of sp³-hybridized carbons (Fsp3) is 0.258. The standard InChI is InChI=1S/C31H30N2O5S/c1-5-9-23-27(30(35)38-6-2)28(26-22-11-8-7-10-20(22)14-17-24(26)37-4)33-29(34)25(39-31(33)32-23)18-19-12-15-21(36-3)16-13-19/h7-8,10-18,28H,5-6,9H2,1-4H3/b25-18-. The Morgan fingerprint density at radius 2 is 1.79 bits per heavy atom. The third kappa shape index (κ3) is 4.88. The molecule has 2 heterocycles. The molecule has 1 aliphatic heterocycles. The fourth-order valence-corrected chi connectivity index (χ4v) is 6.00. The number of carbonyl (C=O) groups excluding carboxylic acids is 1. The van der Waals surface area contributed by atoms with Crippen molar-refractivity contribution in [2.45, 2.75) is 32.7 Å². The highest BCUT2D eigenvalue weighted by Crippen LogP contribution is 2.41. The summed E-state index contributed by atoms with van der Waals surface area (Å²) in [5, 5.41) is 1.87. The number of hydrogen-bond donors (Lipinski definition) is 0. The summed E-state index contributed by atoms with van der Waals surface area (Å²) < 4.78 is 18.8. The molecule has 0 fully saturated rings. The van der Waals surface area contributed by atoms with Gasteiger partial charge in [0.25, 0.3) is 5.56 Å². The minimum atomic E-state index is -0.763. The van der Waals surface area contributed by atoms with Gasteiger partial charge in [-0.3, -0.25) is 9.36 Å². The highest BCUT2D eigenvalue weighted by molar-refractivity contribution is 7.07. The minimum Gasteiger partial charge on any atom is -0.497 e. The predicted octanol–water partition coefficient (Wildman–Crippen LogP) is 4.75. The summed E-state index contributed by atoms with van der Waals surface area (Å²) in [5.41, 5.74) is 2.37. The van der Waals surface area contributed by atoms with Crippen LogP contribution in [0.1, 0.15) is 43.9 Å². The van der Waals surface area contributed by atoms with E-state index in [-0.39, 0.29) is 12.2 Å². The van der Waals surface area contributed by atoms with Gasteiger partial charge in [0.05, 0.1) is 36.6 Å². The van der Waals surface area contributed by atoms with Gasteiger partial charge in [0.2, 0.25) is 0 Å². The molecule has 0 spiro atoms. The first-order chi connectivity index (χ1) is 19.0. The highest BCUT2D eigenvalue weighted by Gasteiger charge is 2.37. The van der Waals surface area contributed by atoms with Crippen LogP contribution in [0.5, 0.6) is 11.5 Å². The number of allylic oxidation sites excluding steroid dienone is 1. The SMILES string of the molecule is CCCC1=C(C(=O)OCC)C(c2c(OC)ccc3ccccc23)n2c(s/c(=C\c3ccc(OC)cc3)c2=O)=N1. The van der Waals surface area contributed by atoms with E-state index in [4.69, 9.17) is 19.2 Å². The third-order valence-corrected chi connectivity index (χ3v) is 7.71. The molecule has 1 aliphatic rings. The second-order valence-electron chi connectivity index (χ2n) is 9.09. The molecule has 8 heteroatoms. The van der Waals surface area contributed by atoms with E-state index in [1.54, 1.807) is 25.7 Å². The Morgan fingerprint density at radius 3 is 2.49 bits per heavy atom. The average molecular weight is 543 g/mol. The van der Waals surface area contributed by atoms with Crippen molar-refractivity contribution < 1.29 is 19.0 Å². The lowest BCUT2D eigenvalue weighted by Gasteiger charge is -2.28. The number of methoxy groups -OCH3 is 2. The molecule has 200 valence electrons. The van der Waals surface area contributed by atoms with E-state index < -0.39 is 12.0 Å². The van der Waals surface area contributed by atoms with Crippen molar-refractivity contribution >= 4 is 34.2 Å². The molecule has 0 aliphatic carbocycles.